The van der Waals surface area contributed by atoms with Gasteiger partial charge in [0.2, 0.25) is 0 Å². The minimum atomic E-state index is 0. The lowest BCUT2D eigenvalue weighted by atomic mass is 10.1. The van der Waals surface area contributed by atoms with Crippen LogP contribution in [0.2, 0.25) is 0 Å². The summed E-state index contributed by atoms with van der Waals surface area (Å²) in [5.41, 5.74) is 5.53. The summed E-state index contributed by atoms with van der Waals surface area (Å²) in [5, 5.41) is 45.1. The zero-order chi connectivity index (χ0) is 69.5. The second-order valence-corrected chi connectivity index (χ2v) is 18.0. The van der Waals surface area contributed by atoms with Gasteiger partial charge in [-0.25, -0.2) is 34.9 Å². The van der Waals surface area contributed by atoms with Crippen molar-refractivity contribution in [3.63, 3.8) is 0 Å². The highest BCUT2D eigenvalue weighted by atomic mass is 15.1. The molecule has 0 spiro atoms. The van der Waals surface area contributed by atoms with Crippen LogP contribution in [0, 0.1) is 0 Å². The topological polar surface area (TPSA) is 245 Å². The van der Waals surface area contributed by atoms with Crippen LogP contribution in [0.25, 0.3) is 0 Å². The Labute approximate surface area is 545 Å². The smallest absolute Gasteiger partial charge is 0.153 e. The van der Waals surface area contributed by atoms with Crippen LogP contribution < -0.4 is 0 Å². The van der Waals surface area contributed by atoms with Crippen molar-refractivity contribution in [3.8, 4) is 0 Å². The lowest BCUT2D eigenvalue weighted by Crippen LogP contribution is -1.96. The molecule has 8 aromatic heterocycles. The molecule has 0 atom stereocenters. The molecule has 0 saturated heterocycles. The SMILES string of the molecule is C.CC.CC.CC.CC.CC.CC.CC.CC.CC(C)c1cccnn1.CC(C)c1cccnn1.CC(C)c1ccnnc1.CC(C)c1cncnc1.CC(C)c1cnncn1.CC(C)c1ncccn1.CC(C)c1nccnn1.CC(C)c1nccnn1. The molecule has 0 radical (unpaired) electrons. The van der Waals surface area contributed by atoms with Gasteiger partial charge in [0.15, 0.2) is 11.6 Å². The highest BCUT2D eigenvalue weighted by Crippen LogP contribution is 2.12. The monoisotopic (exact) mass is 1240 g/mol. The maximum atomic E-state index is 4.07. The second-order valence-electron chi connectivity index (χ2n) is 18.0. The Bertz CT molecular complexity index is 1890. The summed E-state index contributed by atoms with van der Waals surface area (Å²) in [6, 6.07) is 11.6. The zero-order valence-electron chi connectivity index (χ0n) is 61.2. The molecule has 89 heavy (non-hydrogen) atoms. The van der Waals surface area contributed by atoms with E-state index in [1.165, 1.54) is 17.5 Å². The van der Waals surface area contributed by atoms with Crippen molar-refractivity contribution in [1.82, 2.24) is 96.1 Å². The van der Waals surface area contributed by atoms with Gasteiger partial charge in [0.25, 0.3) is 0 Å². The lowest BCUT2D eigenvalue weighted by Gasteiger charge is -2.00. The molecule has 19 heteroatoms. The van der Waals surface area contributed by atoms with E-state index >= 15 is 0 Å². The molecular formula is C70H129N19. The summed E-state index contributed by atoms with van der Waals surface area (Å²) in [6.45, 7) is 65.4. The van der Waals surface area contributed by atoms with E-state index in [-0.39, 0.29) is 7.43 Å². The molecule has 0 N–H and O–H groups in total. The fourth-order valence-electron chi connectivity index (χ4n) is 4.69. The van der Waals surface area contributed by atoms with Gasteiger partial charge in [-0.3, -0.25) is 0 Å². The van der Waals surface area contributed by atoms with Crippen molar-refractivity contribution >= 4 is 0 Å². The van der Waals surface area contributed by atoms with E-state index in [0.29, 0.717) is 47.3 Å². The molecule has 0 aliphatic carbocycles. The third-order valence-electron chi connectivity index (χ3n) is 9.13. The molecular weight excluding hydrogens is 1110 g/mol. The molecule has 0 aliphatic rings. The molecule has 504 valence electrons. The Morgan fingerprint density at radius 3 is 0.798 bits per heavy atom. The first-order valence-electron chi connectivity index (χ1n) is 32.2. The Morgan fingerprint density at radius 2 is 0.596 bits per heavy atom. The van der Waals surface area contributed by atoms with Gasteiger partial charge in [0.1, 0.15) is 18.5 Å². The van der Waals surface area contributed by atoms with Gasteiger partial charge >= 0.3 is 0 Å². The van der Waals surface area contributed by atoms with Crippen molar-refractivity contribution < 1.29 is 0 Å². The van der Waals surface area contributed by atoms with Gasteiger partial charge in [-0.15, -0.1) is 15.3 Å². The summed E-state index contributed by atoms with van der Waals surface area (Å²) < 4.78 is 0. The number of nitrogens with zero attached hydrogens (tertiary/aromatic N) is 19. The Hall–Kier alpha value is -7.57. The first kappa shape index (κ1) is 100. The average Bonchev–Trinajstić information content (AvgIpc) is 3.63. The van der Waals surface area contributed by atoms with Crippen LogP contribution in [0.5, 0.6) is 0 Å². The minimum absolute atomic E-state index is 0. The minimum Gasteiger partial charge on any atom is -0.245 e. The average molecular weight is 1240 g/mol. The van der Waals surface area contributed by atoms with Crippen LogP contribution in [0.15, 0.2) is 130 Å². The van der Waals surface area contributed by atoms with Crippen LogP contribution in [0.3, 0.4) is 0 Å². The molecule has 0 fully saturated rings. The van der Waals surface area contributed by atoms with Crippen molar-refractivity contribution in [3.05, 3.63) is 175 Å². The Kier molecular flexibility index (Phi) is 88.5. The van der Waals surface area contributed by atoms with Crippen LogP contribution in [-0.4, -0.2) is 96.1 Å². The highest BCUT2D eigenvalue weighted by molar-refractivity contribution is 5.10. The largest absolute Gasteiger partial charge is 0.245 e. The fraction of sp³-hybridized carbons (Fsp3) is 0.586. The normalized spacial score (nSPS) is 8.72. The van der Waals surface area contributed by atoms with Crippen molar-refractivity contribution in [2.45, 2.75) is 276 Å². The van der Waals surface area contributed by atoms with Crippen molar-refractivity contribution in [1.29, 1.82) is 0 Å². The molecule has 8 rings (SSSR count). The summed E-state index contributed by atoms with van der Waals surface area (Å²) in [7, 11) is 0. The lowest BCUT2D eigenvalue weighted by molar-refractivity contribution is 0.735. The van der Waals surface area contributed by atoms with Gasteiger partial charge in [0, 0.05) is 73.5 Å². The van der Waals surface area contributed by atoms with E-state index in [2.05, 4.69) is 179 Å². The standard InChI is InChI=1S/5C7H10N2.3C6H9N3.8C2H6.CH4/c1-6(2)7-3-8-5-9-4-7;1-6(2)7-3-4-8-9-5-7;1-6(2)7-8-4-3-5-9-7;2*1-6(2)7-4-3-5-8-9-7;1-5(2)6-3-8-9-4-7-6;2*1-5(2)6-7-3-4-8-9-6;8*1-2;/h5*3-6H,1-2H3;3*3-5H,1-2H3;8*1-2H3;1H4. The van der Waals surface area contributed by atoms with E-state index in [1.807, 2.05) is 187 Å². The van der Waals surface area contributed by atoms with Crippen LogP contribution >= 0.6 is 0 Å². The summed E-state index contributed by atoms with van der Waals surface area (Å²) >= 11 is 0. The number of rotatable bonds is 8. The first-order valence-corrected chi connectivity index (χ1v) is 32.2. The van der Waals surface area contributed by atoms with Crippen molar-refractivity contribution in [2.24, 2.45) is 0 Å². The molecule has 0 unspecified atom stereocenters. The predicted octanol–water partition coefficient (Wildman–Crippen LogP) is 19.8. The maximum Gasteiger partial charge on any atom is 0.153 e. The van der Waals surface area contributed by atoms with E-state index in [1.54, 1.807) is 74.5 Å². The summed E-state index contributed by atoms with van der Waals surface area (Å²) in [4.78, 5) is 27.9. The quantitative estimate of drug-likeness (QED) is 0.137. The van der Waals surface area contributed by atoms with Gasteiger partial charge in [-0.2, -0.15) is 45.9 Å². The predicted molar refractivity (Wildman–Crippen MR) is 380 cm³/mol. The van der Waals surface area contributed by atoms with Gasteiger partial charge in [-0.05, 0) is 77.1 Å². The van der Waals surface area contributed by atoms with Gasteiger partial charge < -0.3 is 0 Å². The fourth-order valence-corrected chi connectivity index (χ4v) is 4.69. The van der Waals surface area contributed by atoms with Crippen LogP contribution in [-0.2, 0) is 0 Å². The second kappa shape index (κ2) is 78.4. The number of hydrogen-bond acceptors (Lipinski definition) is 19. The molecule has 0 bridgehead atoms. The van der Waals surface area contributed by atoms with E-state index in [4.69, 9.17) is 0 Å². The summed E-state index contributed by atoms with van der Waals surface area (Å²) in [5.74, 6) is 6.21. The van der Waals surface area contributed by atoms with Crippen LogP contribution in [0.1, 0.15) is 322 Å². The first-order chi connectivity index (χ1) is 42.4. The van der Waals surface area contributed by atoms with Crippen LogP contribution in [0.4, 0.5) is 0 Å². The molecule has 19 nitrogen and oxygen atoms in total. The third-order valence-corrected chi connectivity index (χ3v) is 9.13. The summed E-state index contributed by atoms with van der Waals surface area (Å²) in [6.07, 6.45) is 25.3. The van der Waals surface area contributed by atoms with E-state index in [9.17, 15) is 0 Å². The molecule has 8 aromatic rings. The molecule has 0 aliphatic heterocycles. The third kappa shape index (κ3) is 63.3. The van der Waals surface area contributed by atoms with Gasteiger partial charge in [0.05, 0.1) is 41.9 Å². The van der Waals surface area contributed by atoms with Crippen molar-refractivity contribution in [2.75, 3.05) is 0 Å². The Morgan fingerprint density at radius 1 is 0.236 bits per heavy atom. The molecule has 0 aromatic carbocycles. The molecule has 0 saturated carbocycles. The van der Waals surface area contributed by atoms with E-state index < -0.39 is 0 Å². The molecule has 0 amide bonds. The van der Waals surface area contributed by atoms with E-state index in [0.717, 1.165) is 34.6 Å². The number of hydrogen-bond donors (Lipinski definition) is 0. The molecule has 8 heterocycles. The zero-order valence-corrected chi connectivity index (χ0v) is 61.2. The highest BCUT2D eigenvalue weighted by Gasteiger charge is 2.02. The number of aromatic nitrogens is 19. The van der Waals surface area contributed by atoms with Gasteiger partial charge in [-0.1, -0.05) is 229 Å². The maximum absolute atomic E-state index is 4.07. The Balaban J connectivity index is -0.000000113.